The first-order chi connectivity index (χ1) is 26.2. The molecule has 3 amide bonds. The second-order valence-electron chi connectivity index (χ2n) is 14.0. The Hall–Kier alpha value is -4.06. The van der Waals surface area contributed by atoms with E-state index in [0.29, 0.717) is 36.6 Å². The zero-order chi connectivity index (χ0) is 38.6. The van der Waals surface area contributed by atoms with Crippen LogP contribution >= 0.6 is 27.7 Å². The maximum atomic E-state index is 15.4. The van der Waals surface area contributed by atoms with E-state index in [0.717, 1.165) is 24.3 Å². The minimum atomic E-state index is -0.940. The van der Waals surface area contributed by atoms with Crippen LogP contribution in [0.15, 0.2) is 104 Å². The number of aliphatic hydroxyl groups is 1. The Morgan fingerprint density at radius 3 is 2.06 bits per heavy atom. The lowest BCUT2D eigenvalue weighted by Crippen LogP contribution is -2.58. The summed E-state index contributed by atoms with van der Waals surface area (Å²) in [5, 5.41) is 10.8. The zero-order valence-electron chi connectivity index (χ0n) is 31.4. The number of fused-ring (bicyclic) bond motifs is 1. The number of anilines is 3. The number of carbonyl (C=O) groups is 3. The predicted octanol–water partition coefficient (Wildman–Crippen LogP) is 6.74. The summed E-state index contributed by atoms with van der Waals surface area (Å²) in [6, 6.07) is 23.4. The summed E-state index contributed by atoms with van der Waals surface area (Å²) in [5.41, 5.74) is 3.36. The van der Waals surface area contributed by atoms with Crippen LogP contribution in [0.4, 0.5) is 17.1 Å². The molecule has 9 nitrogen and oxygen atoms in total. The van der Waals surface area contributed by atoms with Crippen LogP contribution in [0.3, 0.4) is 0 Å². The summed E-state index contributed by atoms with van der Waals surface area (Å²) in [4.78, 5) is 52.7. The van der Waals surface area contributed by atoms with Crippen LogP contribution in [0.1, 0.15) is 32.8 Å². The molecule has 3 aromatic carbocycles. The summed E-state index contributed by atoms with van der Waals surface area (Å²) in [6.07, 6.45) is 4.26. The fourth-order valence-electron chi connectivity index (χ4n) is 8.71. The molecule has 7 atom stereocenters. The van der Waals surface area contributed by atoms with Crippen molar-refractivity contribution in [2.45, 2.75) is 60.5 Å². The third-order valence-electron chi connectivity index (χ3n) is 11.1. The molecule has 1 N–H and O–H groups in total. The van der Waals surface area contributed by atoms with E-state index in [1.165, 1.54) is 0 Å². The highest BCUT2D eigenvalue weighted by molar-refractivity contribution is 9.09. The van der Waals surface area contributed by atoms with Gasteiger partial charge in [-0.25, -0.2) is 0 Å². The molecular formula is C43H51BrN4O5S. The van der Waals surface area contributed by atoms with Crippen LogP contribution in [0.2, 0.25) is 0 Å². The quantitative estimate of drug-likeness (QED) is 0.119. The van der Waals surface area contributed by atoms with Gasteiger partial charge in [0.05, 0.1) is 35.8 Å². The standard InChI is InChI=1S/C43H51BrN4O5S/c1-6-24-46(32-20-22-34(23-21-32)53-10-5)40(50)36-37-41(51)48(33(28-49)26-29-14-12-11-13-15-29)39(43(37)27-35(44)38(36)54-43)42(52)47(25-7-2)31-18-16-30(17-19-31)45(8-3)9-4/h6-7,11-23,33,35-39,49H,1-2,8-10,24-28H2,3-5H3/t33-,35?,36+,37+,38+,39?,43?/m1/s1. The topological polar surface area (TPSA) is 93.6 Å². The highest BCUT2D eigenvalue weighted by Crippen LogP contribution is 2.68. The lowest BCUT2D eigenvalue weighted by atomic mass is 9.70. The van der Waals surface area contributed by atoms with Crippen molar-refractivity contribution < 1.29 is 24.2 Å². The predicted molar refractivity (Wildman–Crippen MR) is 223 cm³/mol. The number of thioether (sulfide) groups is 1. The number of nitrogens with zero attached hydrogens (tertiary/aromatic N) is 4. The maximum absolute atomic E-state index is 15.4. The van der Waals surface area contributed by atoms with Crippen molar-refractivity contribution in [2.75, 3.05) is 54.1 Å². The van der Waals surface area contributed by atoms with E-state index >= 15 is 9.59 Å². The third kappa shape index (κ3) is 7.22. The fourth-order valence-corrected chi connectivity index (χ4v) is 12.3. The number of rotatable bonds is 17. The minimum Gasteiger partial charge on any atom is -0.494 e. The molecule has 3 fully saturated rings. The number of amides is 3. The van der Waals surface area contributed by atoms with E-state index in [1.807, 2.05) is 85.8 Å². The second kappa shape index (κ2) is 17.2. The van der Waals surface area contributed by atoms with Gasteiger partial charge < -0.3 is 29.4 Å². The molecule has 6 rings (SSSR count). The first-order valence-electron chi connectivity index (χ1n) is 18.9. The lowest BCUT2D eigenvalue weighted by Gasteiger charge is -2.40. The molecule has 286 valence electrons. The number of alkyl halides is 1. The summed E-state index contributed by atoms with van der Waals surface area (Å²) >= 11 is 5.52. The number of hydrogen-bond donors (Lipinski definition) is 1. The number of aliphatic hydroxyl groups excluding tert-OH is 1. The van der Waals surface area contributed by atoms with Gasteiger partial charge in [-0.3, -0.25) is 14.4 Å². The first kappa shape index (κ1) is 39.6. The molecule has 3 aliphatic heterocycles. The van der Waals surface area contributed by atoms with Crippen molar-refractivity contribution in [2.24, 2.45) is 11.8 Å². The average molecular weight is 816 g/mol. The van der Waals surface area contributed by atoms with E-state index in [9.17, 15) is 9.90 Å². The van der Waals surface area contributed by atoms with E-state index < -0.39 is 28.7 Å². The molecule has 0 aromatic heterocycles. The van der Waals surface area contributed by atoms with Crippen LogP contribution in [0, 0.1) is 11.8 Å². The van der Waals surface area contributed by atoms with Crippen molar-refractivity contribution in [1.82, 2.24) is 4.90 Å². The number of carbonyl (C=O) groups excluding carboxylic acids is 3. The molecule has 1 spiro atoms. The summed E-state index contributed by atoms with van der Waals surface area (Å²) in [7, 11) is 0. The van der Waals surface area contributed by atoms with Crippen LogP contribution in [-0.2, 0) is 20.8 Å². The smallest absolute Gasteiger partial charge is 0.251 e. The number of benzene rings is 3. The molecule has 0 saturated carbocycles. The number of hydrogen-bond acceptors (Lipinski definition) is 7. The number of ether oxygens (including phenoxy) is 1. The largest absolute Gasteiger partial charge is 0.494 e. The monoisotopic (exact) mass is 814 g/mol. The Labute approximate surface area is 332 Å². The van der Waals surface area contributed by atoms with Crippen LogP contribution in [-0.4, -0.2) is 94.0 Å². The normalized spacial score (nSPS) is 24.5. The minimum absolute atomic E-state index is 0.121. The molecule has 2 bridgehead atoms. The van der Waals surface area contributed by atoms with E-state index in [1.54, 1.807) is 38.6 Å². The highest BCUT2D eigenvalue weighted by Gasteiger charge is 2.76. The van der Waals surface area contributed by atoms with E-state index in [2.05, 4.69) is 47.8 Å². The molecule has 3 aromatic rings. The Kier molecular flexibility index (Phi) is 12.6. The maximum Gasteiger partial charge on any atom is 0.251 e. The Bertz CT molecular complexity index is 1810. The van der Waals surface area contributed by atoms with Gasteiger partial charge in [-0.1, -0.05) is 58.4 Å². The van der Waals surface area contributed by atoms with Crippen LogP contribution < -0.4 is 19.4 Å². The second-order valence-corrected chi connectivity index (χ2v) is 16.7. The third-order valence-corrected chi connectivity index (χ3v) is 14.3. The molecule has 3 saturated heterocycles. The molecule has 3 aliphatic rings. The van der Waals surface area contributed by atoms with E-state index in [4.69, 9.17) is 4.74 Å². The first-order valence-corrected chi connectivity index (χ1v) is 20.7. The fraction of sp³-hybridized carbons (Fsp3) is 0.419. The Morgan fingerprint density at radius 1 is 0.926 bits per heavy atom. The van der Waals surface area contributed by atoms with E-state index in [-0.39, 0.29) is 47.5 Å². The van der Waals surface area contributed by atoms with Gasteiger partial charge in [-0.15, -0.1) is 24.9 Å². The Morgan fingerprint density at radius 2 is 1.50 bits per heavy atom. The molecule has 11 heteroatoms. The molecule has 0 radical (unpaired) electrons. The van der Waals surface area contributed by atoms with Gasteiger partial charge in [0.15, 0.2) is 0 Å². The zero-order valence-corrected chi connectivity index (χ0v) is 33.8. The SMILES string of the molecule is C=CCN(C(=O)C1N([C@@H](CO)Cc2ccccc2)C(=O)[C@@H]2[C@H](C(=O)N(CC=C)c3ccc(OCC)cc3)[C@H]3SC12CC3Br)c1ccc(N(CC)CC)cc1. The molecule has 54 heavy (non-hydrogen) atoms. The van der Waals surface area contributed by atoms with Crippen molar-refractivity contribution >= 4 is 62.5 Å². The number of halogens is 1. The molecule has 3 heterocycles. The van der Waals surface area contributed by atoms with Crippen molar-refractivity contribution in [3.05, 3.63) is 110 Å². The lowest BCUT2D eigenvalue weighted by molar-refractivity contribution is -0.141. The van der Waals surface area contributed by atoms with Gasteiger partial charge in [0.2, 0.25) is 11.8 Å². The molecule has 3 unspecified atom stereocenters. The van der Waals surface area contributed by atoms with Crippen molar-refractivity contribution in [1.29, 1.82) is 0 Å². The van der Waals surface area contributed by atoms with Crippen LogP contribution in [0.25, 0.3) is 0 Å². The van der Waals surface area contributed by atoms with Crippen LogP contribution in [0.5, 0.6) is 5.75 Å². The number of likely N-dealkylation sites (tertiary alicyclic amines) is 1. The van der Waals surface area contributed by atoms with Gasteiger partial charge >= 0.3 is 0 Å². The highest BCUT2D eigenvalue weighted by atomic mass is 79.9. The Balaban J connectivity index is 1.44. The summed E-state index contributed by atoms with van der Waals surface area (Å²) in [6.45, 7) is 16.4. The van der Waals surface area contributed by atoms with Gasteiger partial charge in [0.25, 0.3) is 5.91 Å². The van der Waals surface area contributed by atoms with Gasteiger partial charge in [-0.2, -0.15) is 0 Å². The van der Waals surface area contributed by atoms with Gasteiger partial charge in [0, 0.05) is 53.3 Å². The van der Waals surface area contributed by atoms with Crippen molar-refractivity contribution in [3.63, 3.8) is 0 Å². The van der Waals surface area contributed by atoms with Gasteiger partial charge in [0.1, 0.15) is 11.8 Å². The average Bonchev–Trinajstić information content (AvgIpc) is 3.79. The molecule has 0 aliphatic carbocycles. The summed E-state index contributed by atoms with van der Waals surface area (Å²) < 4.78 is 4.73. The summed E-state index contributed by atoms with van der Waals surface area (Å²) in [5.74, 6) is -1.50. The molecular weight excluding hydrogens is 764 g/mol. The van der Waals surface area contributed by atoms with Gasteiger partial charge in [-0.05, 0) is 87.7 Å². The van der Waals surface area contributed by atoms with Crippen molar-refractivity contribution in [3.8, 4) is 5.75 Å².